The molecule has 0 saturated carbocycles. The minimum absolute atomic E-state index is 0. The Kier molecular flexibility index (Phi) is 8.97. The van der Waals surface area contributed by atoms with Gasteiger partial charge in [-0.3, -0.25) is 4.79 Å². The van der Waals surface area contributed by atoms with E-state index in [9.17, 15) is 4.79 Å². The van der Waals surface area contributed by atoms with Crippen LogP contribution in [0.4, 0.5) is 0 Å². The van der Waals surface area contributed by atoms with Crippen LogP contribution in [0.25, 0.3) is 5.69 Å². The maximum absolute atomic E-state index is 11.8. The molecule has 1 heterocycles. The number of benzene rings is 1. The number of para-hydroxylation sites is 1. The molecule has 2 aromatic rings. The summed E-state index contributed by atoms with van der Waals surface area (Å²) in [6, 6.07) is 9.83. The first-order chi connectivity index (χ1) is 10.8. The maximum atomic E-state index is 11.8. The molecule has 0 aliphatic rings. The van der Waals surface area contributed by atoms with Crippen LogP contribution < -0.4 is 10.6 Å². The molecule has 1 aromatic heterocycles. The summed E-state index contributed by atoms with van der Waals surface area (Å²) in [7, 11) is 1.67. The number of hydrogen-bond acceptors (Lipinski definition) is 4. The molecule has 0 saturated heterocycles. The fourth-order valence-electron chi connectivity index (χ4n) is 2.01. The second-order valence-corrected chi connectivity index (χ2v) is 4.90. The highest BCUT2D eigenvalue weighted by Crippen LogP contribution is 2.07. The van der Waals surface area contributed by atoms with Gasteiger partial charge in [0.25, 0.3) is 0 Å². The Bertz CT molecular complexity index is 574. The van der Waals surface area contributed by atoms with Crippen LogP contribution in [0.2, 0.25) is 0 Å². The van der Waals surface area contributed by atoms with E-state index in [0.717, 1.165) is 24.3 Å². The Morgan fingerprint density at radius 3 is 2.74 bits per heavy atom. The van der Waals surface area contributed by atoms with Gasteiger partial charge in [-0.05, 0) is 17.7 Å². The van der Waals surface area contributed by atoms with E-state index < -0.39 is 0 Å². The van der Waals surface area contributed by atoms with Crippen LogP contribution in [0.3, 0.4) is 0 Å². The van der Waals surface area contributed by atoms with Crippen molar-refractivity contribution in [2.24, 2.45) is 0 Å². The lowest BCUT2D eigenvalue weighted by molar-refractivity contribution is -0.120. The number of nitrogens with one attached hydrogen (secondary N) is 2. The summed E-state index contributed by atoms with van der Waals surface area (Å²) in [6.07, 6.45) is 3.94. The Balaban J connectivity index is 0.00000264. The first kappa shape index (κ1) is 19.2. The van der Waals surface area contributed by atoms with Gasteiger partial charge in [-0.15, -0.1) is 12.4 Å². The van der Waals surface area contributed by atoms with E-state index in [1.165, 1.54) is 0 Å². The van der Waals surface area contributed by atoms with Crippen molar-refractivity contribution >= 4 is 18.3 Å². The number of rotatable bonds is 9. The molecule has 6 nitrogen and oxygen atoms in total. The van der Waals surface area contributed by atoms with E-state index in [-0.39, 0.29) is 18.3 Å². The fraction of sp³-hybridized carbons (Fsp3) is 0.375. The summed E-state index contributed by atoms with van der Waals surface area (Å²) in [6.45, 7) is 2.80. The lowest BCUT2D eigenvalue weighted by Crippen LogP contribution is -2.33. The average molecular weight is 339 g/mol. The predicted molar refractivity (Wildman–Crippen MR) is 92.3 cm³/mol. The molecule has 23 heavy (non-hydrogen) atoms. The number of ether oxygens (including phenoxy) is 1. The molecular weight excluding hydrogens is 316 g/mol. The normalized spacial score (nSPS) is 10.1. The van der Waals surface area contributed by atoms with E-state index in [1.54, 1.807) is 18.0 Å². The minimum atomic E-state index is 0. The van der Waals surface area contributed by atoms with Gasteiger partial charge >= 0.3 is 0 Å². The highest BCUT2D eigenvalue weighted by atomic mass is 35.5. The highest BCUT2D eigenvalue weighted by molar-refractivity contribution is 5.85. The van der Waals surface area contributed by atoms with Crippen molar-refractivity contribution in [1.29, 1.82) is 0 Å². The van der Waals surface area contributed by atoms with Crippen molar-refractivity contribution in [1.82, 2.24) is 20.4 Å². The first-order valence-corrected chi connectivity index (χ1v) is 7.35. The third kappa shape index (κ3) is 6.81. The summed E-state index contributed by atoms with van der Waals surface area (Å²) in [4.78, 5) is 11.8. The third-order valence-electron chi connectivity index (χ3n) is 3.13. The molecule has 1 amide bonds. The SMILES string of the molecule is COCCNCCNC(=O)Cc1cnn(-c2ccccc2)c1.Cl. The number of methoxy groups -OCH3 is 1. The van der Waals surface area contributed by atoms with Crippen molar-refractivity contribution in [3.63, 3.8) is 0 Å². The molecule has 2 rings (SSSR count). The Hall–Kier alpha value is -1.89. The number of nitrogens with zero attached hydrogens (tertiary/aromatic N) is 2. The minimum Gasteiger partial charge on any atom is -0.383 e. The van der Waals surface area contributed by atoms with Gasteiger partial charge in [0, 0.05) is 32.9 Å². The molecule has 1 aromatic carbocycles. The summed E-state index contributed by atoms with van der Waals surface area (Å²) in [5.74, 6) is 0.00107. The van der Waals surface area contributed by atoms with Crippen molar-refractivity contribution in [3.05, 3.63) is 48.3 Å². The third-order valence-corrected chi connectivity index (χ3v) is 3.13. The molecule has 0 atom stereocenters. The molecular formula is C16H23ClN4O2. The van der Waals surface area contributed by atoms with Gasteiger partial charge in [0.05, 0.1) is 24.9 Å². The summed E-state index contributed by atoms with van der Waals surface area (Å²) >= 11 is 0. The summed E-state index contributed by atoms with van der Waals surface area (Å²) in [5, 5.41) is 10.3. The van der Waals surface area contributed by atoms with Gasteiger partial charge in [-0.25, -0.2) is 4.68 Å². The van der Waals surface area contributed by atoms with Crippen LogP contribution >= 0.6 is 12.4 Å². The largest absolute Gasteiger partial charge is 0.383 e. The first-order valence-electron chi connectivity index (χ1n) is 7.35. The van der Waals surface area contributed by atoms with Crippen LogP contribution in [0.5, 0.6) is 0 Å². The van der Waals surface area contributed by atoms with Crippen molar-refractivity contribution in [2.45, 2.75) is 6.42 Å². The van der Waals surface area contributed by atoms with Gasteiger partial charge in [-0.2, -0.15) is 5.10 Å². The molecule has 126 valence electrons. The number of carbonyl (C=O) groups is 1. The number of amides is 1. The number of aromatic nitrogens is 2. The zero-order valence-electron chi connectivity index (χ0n) is 13.2. The predicted octanol–water partition coefficient (Wildman–Crippen LogP) is 1.19. The van der Waals surface area contributed by atoms with Crippen LogP contribution in [0, 0.1) is 0 Å². The zero-order valence-corrected chi connectivity index (χ0v) is 14.0. The molecule has 0 bridgehead atoms. The van der Waals surface area contributed by atoms with Crippen molar-refractivity contribution in [2.75, 3.05) is 33.4 Å². The van der Waals surface area contributed by atoms with Crippen LogP contribution in [0.1, 0.15) is 5.56 Å². The summed E-state index contributed by atoms with van der Waals surface area (Å²) < 4.78 is 6.70. The van der Waals surface area contributed by atoms with Gasteiger partial charge < -0.3 is 15.4 Å². The van der Waals surface area contributed by atoms with E-state index in [1.807, 2.05) is 36.5 Å². The standard InChI is InChI=1S/C16H22N4O2.ClH/c1-22-10-9-17-7-8-18-16(21)11-14-12-19-20(13-14)15-5-3-2-4-6-15;/h2-6,12-13,17H,7-11H2,1H3,(H,18,21);1H. The van der Waals surface area contributed by atoms with Gasteiger partial charge in [0.2, 0.25) is 5.91 Å². The smallest absolute Gasteiger partial charge is 0.224 e. The Labute approximate surface area is 142 Å². The van der Waals surface area contributed by atoms with E-state index in [2.05, 4.69) is 15.7 Å². The van der Waals surface area contributed by atoms with E-state index >= 15 is 0 Å². The fourth-order valence-corrected chi connectivity index (χ4v) is 2.01. The Morgan fingerprint density at radius 1 is 1.22 bits per heavy atom. The van der Waals surface area contributed by atoms with E-state index in [0.29, 0.717) is 19.6 Å². The van der Waals surface area contributed by atoms with E-state index in [4.69, 9.17) is 4.74 Å². The second-order valence-electron chi connectivity index (χ2n) is 4.90. The van der Waals surface area contributed by atoms with Gasteiger partial charge in [0.1, 0.15) is 0 Å². The van der Waals surface area contributed by atoms with Crippen LogP contribution in [-0.4, -0.2) is 49.0 Å². The zero-order chi connectivity index (χ0) is 15.6. The maximum Gasteiger partial charge on any atom is 0.224 e. The molecule has 0 aliphatic carbocycles. The van der Waals surface area contributed by atoms with Crippen LogP contribution in [0.15, 0.2) is 42.7 Å². The topological polar surface area (TPSA) is 68.2 Å². The number of halogens is 1. The quantitative estimate of drug-likeness (QED) is 0.674. The molecule has 0 fully saturated rings. The number of carbonyl (C=O) groups excluding carboxylic acids is 1. The van der Waals surface area contributed by atoms with Crippen molar-refractivity contribution < 1.29 is 9.53 Å². The summed E-state index contributed by atoms with van der Waals surface area (Å²) in [5.41, 5.74) is 1.88. The molecule has 0 spiro atoms. The highest BCUT2D eigenvalue weighted by Gasteiger charge is 2.06. The van der Waals surface area contributed by atoms with Gasteiger partial charge in [-0.1, -0.05) is 18.2 Å². The van der Waals surface area contributed by atoms with Gasteiger partial charge in [0.15, 0.2) is 0 Å². The van der Waals surface area contributed by atoms with Crippen molar-refractivity contribution in [3.8, 4) is 5.69 Å². The monoisotopic (exact) mass is 338 g/mol. The molecule has 0 radical (unpaired) electrons. The molecule has 0 unspecified atom stereocenters. The lowest BCUT2D eigenvalue weighted by atomic mass is 10.2. The molecule has 7 heteroatoms. The van der Waals surface area contributed by atoms with Crippen LogP contribution in [-0.2, 0) is 16.0 Å². The second kappa shape index (κ2) is 10.8. The number of hydrogen-bond donors (Lipinski definition) is 2. The molecule has 0 aliphatic heterocycles. The lowest BCUT2D eigenvalue weighted by Gasteiger charge is -2.05. The average Bonchev–Trinajstić information content (AvgIpc) is 3.00. The molecule has 2 N–H and O–H groups in total. The Morgan fingerprint density at radius 2 is 2.00 bits per heavy atom.